The lowest BCUT2D eigenvalue weighted by molar-refractivity contribution is -0.0189. The van der Waals surface area contributed by atoms with Crippen LogP contribution in [0.1, 0.15) is 73.1 Å². The van der Waals surface area contributed by atoms with Crippen molar-refractivity contribution in [3.63, 3.8) is 0 Å². The monoisotopic (exact) mass is 270 g/mol. The fourth-order valence-corrected chi connectivity index (χ4v) is 4.10. The minimum absolute atomic E-state index is 0.219. The van der Waals surface area contributed by atoms with Gasteiger partial charge >= 0.3 is 0 Å². The molecular formula is C17H31FO. The first-order valence-electron chi connectivity index (χ1n) is 8.09. The number of alkyl halides is 1. The first kappa shape index (κ1) is 15.3. The van der Waals surface area contributed by atoms with E-state index in [9.17, 15) is 0 Å². The van der Waals surface area contributed by atoms with Gasteiger partial charge in [-0.05, 0) is 56.3 Å². The molecule has 0 N–H and O–H groups in total. The highest BCUT2D eigenvalue weighted by Crippen LogP contribution is 2.57. The maximum atomic E-state index is 15.0. The van der Waals surface area contributed by atoms with Crippen LogP contribution in [0, 0.1) is 17.3 Å². The molecule has 0 saturated heterocycles. The van der Waals surface area contributed by atoms with Crippen molar-refractivity contribution in [3.05, 3.63) is 0 Å². The molecule has 2 fully saturated rings. The standard InChI is InChI=1S/C17H31FO/c1-6-7-12(2)19-15-8-13-10-17(18,16(3,4)5)11-14(13)9-15/h12-15H,6-11H2,1-5H3. The number of hydrogen-bond acceptors (Lipinski definition) is 1. The van der Waals surface area contributed by atoms with E-state index in [1.807, 2.05) is 20.8 Å². The summed E-state index contributed by atoms with van der Waals surface area (Å²) in [4.78, 5) is 0. The molecule has 0 aromatic heterocycles. The van der Waals surface area contributed by atoms with Gasteiger partial charge in [-0.1, -0.05) is 34.1 Å². The Morgan fingerprint density at radius 3 is 2.16 bits per heavy atom. The van der Waals surface area contributed by atoms with Gasteiger partial charge in [0.25, 0.3) is 0 Å². The highest BCUT2D eigenvalue weighted by Gasteiger charge is 2.55. The van der Waals surface area contributed by atoms with E-state index in [-0.39, 0.29) is 5.41 Å². The Labute approximate surface area is 118 Å². The Balaban J connectivity index is 1.87. The van der Waals surface area contributed by atoms with Crippen LogP contribution in [0.4, 0.5) is 4.39 Å². The van der Waals surface area contributed by atoms with E-state index in [4.69, 9.17) is 4.74 Å². The highest BCUT2D eigenvalue weighted by atomic mass is 19.1. The summed E-state index contributed by atoms with van der Waals surface area (Å²) in [5, 5.41) is 0. The zero-order valence-electron chi connectivity index (χ0n) is 13.3. The number of rotatable bonds is 4. The molecule has 3 atom stereocenters. The van der Waals surface area contributed by atoms with Gasteiger partial charge in [-0.3, -0.25) is 0 Å². The third-order valence-electron chi connectivity index (χ3n) is 5.43. The second-order valence-electron chi connectivity index (χ2n) is 7.97. The molecule has 0 aromatic rings. The second-order valence-corrected chi connectivity index (χ2v) is 7.97. The fourth-order valence-electron chi connectivity index (χ4n) is 4.10. The summed E-state index contributed by atoms with van der Waals surface area (Å²) in [6.07, 6.45) is 6.75. The smallest absolute Gasteiger partial charge is 0.116 e. The van der Waals surface area contributed by atoms with Gasteiger partial charge in [0.2, 0.25) is 0 Å². The van der Waals surface area contributed by atoms with E-state index < -0.39 is 5.67 Å². The van der Waals surface area contributed by atoms with Crippen LogP contribution in [0.5, 0.6) is 0 Å². The quantitative estimate of drug-likeness (QED) is 0.687. The van der Waals surface area contributed by atoms with Gasteiger partial charge in [0.1, 0.15) is 5.67 Å². The zero-order valence-corrected chi connectivity index (χ0v) is 13.3. The Kier molecular flexibility index (Phi) is 4.30. The molecule has 2 rings (SSSR count). The van der Waals surface area contributed by atoms with Crippen molar-refractivity contribution in [3.8, 4) is 0 Å². The van der Waals surface area contributed by atoms with Gasteiger partial charge in [0.05, 0.1) is 12.2 Å². The molecule has 2 heteroatoms. The average molecular weight is 270 g/mol. The summed E-state index contributed by atoms with van der Waals surface area (Å²) in [5.41, 5.74) is -1.18. The van der Waals surface area contributed by atoms with Crippen LogP contribution in [0.2, 0.25) is 0 Å². The van der Waals surface area contributed by atoms with Crippen LogP contribution in [0.3, 0.4) is 0 Å². The molecule has 0 aliphatic heterocycles. The van der Waals surface area contributed by atoms with Crippen LogP contribution in [-0.2, 0) is 4.74 Å². The van der Waals surface area contributed by atoms with Gasteiger partial charge < -0.3 is 4.74 Å². The van der Waals surface area contributed by atoms with Crippen molar-refractivity contribution in [1.29, 1.82) is 0 Å². The summed E-state index contributed by atoms with van der Waals surface area (Å²) >= 11 is 0. The lowest BCUT2D eigenvalue weighted by atomic mass is 9.75. The van der Waals surface area contributed by atoms with E-state index in [0.717, 1.165) is 32.1 Å². The molecule has 2 aliphatic rings. The Bertz CT molecular complexity index is 293. The third-order valence-corrected chi connectivity index (χ3v) is 5.43. The number of fused-ring (bicyclic) bond motifs is 1. The van der Waals surface area contributed by atoms with Gasteiger partial charge in [0, 0.05) is 0 Å². The van der Waals surface area contributed by atoms with Crippen LogP contribution >= 0.6 is 0 Å². The van der Waals surface area contributed by atoms with Crippen LogP contribution in [-0.4, -0.2) is 17.9 Å². The molecule has 2 saturated carbocycles. The predicted molar refractivity (Wildman–Crippen MR) is 78.0 cm³/mol. The molecule has 0 bridgehead atoms. The molecule has 2 aliphatic carbocycles. The number of ether oxygens (including phenoxy) is 1. The molecule has 0 radical (unpaired) electrons. The van der Waals surface area contributed by atoms with Crippen molar-refractivity contribution in [2.75, 3.05) is 0 Å². The fraction of sp³-hybridized carbons (Fsp3) is 1.00. The van der Waals surface area contributed by atoms with E-state index in [1.54, 1.807) is 0 Å². The van der Waals surface area contributed by atoms with Gasteiger partial charge in [-0.25, -0.2) is 4.39 Å². The van der Waals surface area contributed by atoms with E-state index in [1.165, 1.54) is 6.42 Å². The molecular weight excluding hydrogens is 239 g/mol. The predicted octanol–water partition coefficient (Wildman–Crippen LogP) is 5.13. The first-order chi connectivity index (χ1) is 8.75. The molecule has 0 amide bonds. The minimum Gasteiger partial charge on any atom is -0.375 e. The summed E-state index contributed by atoms with van der Waals surface area (Å²) in [6.45, 7) is 10.5. The Morgan fingerprint density at radius 1 is 1.21 bits per heavy atom. The van der Waals surface area contributed by atoms with Crippen molar-refractivity contribution in [1.82, 2.24) is 0 Å². The molecule has 0 spiro atoms. The summed E-state index contributed by atoms with van der Waals surface area (Å²) < 4.78 is 21.1. The maximum absolute atomic E-state index is 15.0. The minimum atomic E-state index is -0.956. The molecule has 19 heavy (non-hydrogen) atoms. The first-order valence-corrected chi connectivity index (χ1v) is 8.09. The largest absolute Gasteiger partial charge is 0.375 e. The SMILES string of the molecule is CCCC(C)OC1CC2CC(F)(C(C)(C)C)CC2C1. The van der Waals surface area contributed by atoms with E-state index in [0.29, 0.717) is 24.0 Å². The van der Waals surface area contributed by atoms with Crippen molar-refractivity contribution >= 4 is 0 Å². The van der Waals surface area contributed by atoms with Crippen LogP contribution in [0.15, 0.2) is 0 Å². The molecule has 1 nitrogen and oxygen atoms in total. The van der Waals surface area contributed by atoms with Crippen molar-refractivity contribution in [2.45, 2.75) is 91.0 Å². The zero-order chi connectivity index (χ0) is 14.3. The number of halogens is 1. The van der Waals surface area contributed by atoms with E-state index in [2.05, 4.69) is 13.8 Å². The molecule has 0 aromatic carbocycles. The topological polar surface area (TPSA) is 9.23 Å². The molecule has 112 valence electrons. The van der Waals surface area contributed by atoms with Crippen LogP contribution < -0.4 is 0 Å². The summed E-state index contributed by atoms with van der Waals surface area (Å²) in [6, 6.07) is 0. The van der Waals surface area contributed by atoms with Gasteiger partial charge in [0.15, 0.2) is 0 Å². The normalized spacial score (nSPS) is 40.4. The van der Waals surface area contributed by atoms with Crippen molar-refractivity contribution in [2.24, 2.45) is 17.3 Å². The van der Waals surface area contributed by atoms with Crippen molar-refractivity contribution < 1.29 is 9.13 Å². The molecule has 0 heterocycles. The third kappa shape index (κ3) is 3.15. The summed E-state index contributed by atoms with van der Waals surface area (Å²) in [7, 11) is 0. The highest BCUT2D eigenvalue weighted by molar-refractivity contribution is 5.05. The lowest BCUT2D eigenvalue weighted by Crippen LogP contribution is -2.36. The lowest BCUT2D eigenvalue weighted by Gasteiger charge is -2.35. The van der Waals surface area contributed by atoms with E-state index >= 15 is 4.39 Å². The van der Waals surface area contributed by atoms with Gasteiger partial charge in [-0.2, -0.15) is 0 Å². The Hall–Kier alpha value is -0.110. The Morgan fingerprint density at radius 2 is 1.74 bits per heavy atom. The second kappa shape index (κ2) is 5.35. The number of hydrogen-bond donors (Lipinski definition) is 0. The molecule has 3 unspecified atom stereocenters. The average Bonchev–Trinajstić information content (AvgIpc) is 2.71. The maximum Gasteiger partial charge on any atom is 0.116 e. The summed E-state index contributed by atoms with van der Waals surface area (Å²) in [5.74, 6) is 1.12. The van der Waals surface area contributed by atoms with Crippen LogP contribution in [0.25, 0.3) is 0 Å². The van der Waals surface area contributed by atoms with Gasteiger partial charge in [-0.15, -0.1) is 0 Å².